The molecule has 1 aliphatic heterocycles. The largest absolute Gasteiger partial charge is 0.274 e. The van der Waals surface area contributed by atoms with Crippen LogP contribution in [0.25, 0.3) is 0 Å². The van der Waals surface area contributed by atoms with Gasteiger partial charge in [0, 0.05) is 5.92 Å². The van der Waals surface area contributed by atoms with Crippen LogP contribution >= 0.6 is 0 Å². The third-order valence-electron chi connectivity index (χ3n) is 3.11. The average Bonchev–Trinajstić information content (AvgIpc) is 2.29. The van der Waals surface area contributed by atoms with Crippen LogP contribution in [0.1, 0.15) is 12.8 Å². The van der Waals surface area contributed by atoms with Crippen LogP contribution in [0.2, 0.25) is 0 Å². The zero-order chi connectivity index (χ0) is 10.3. The van der Waals surface area contributed by atoms with Crippen LogP contribution in [0, 0.1) is 5.92 Å². The lowest BCUT2D eigenvalue weighted by atomic mass is 9.78. The van der Waals surface area contributed by atoms with Crippen molar-refractivity contribution in [2.75, 3.05) is 0 Å². The summed E-state index contributed by atoms with van der Waals surface area (Å²) in [6, 6.07) is 0. The Balaban J connectivity index is 2.08. The minimum Gasteiger partial charge on any atom is -0.274 e. The first kappa shape index (κ1) is 8.88. The Kier molecular flexibility index (Phi) is 1.97. The van der Waals surface area contributed by atoms with E-state index >= 15 is 0 Å². The highest BCUT2D eigenvalue weighted by Gasteiger charge is 2.35. The van der Waals surface area contributed by atoms with Crippen molar-refractivity contribution in [3.05, 3.63) is 35.5 Å². The van der Waals surface area contributed by atoms with Gasteiger partial charge in [0.2, 0.25) is 0 Å². The van der Waals surface area contributed by atoms with E-state index in [9.17, 15) is 4.79 Å². The molecule has 0 bridgehead atoms. The van der Waals surface area contributed by atoms with Gasteiger partial charge in [0.1, 0.15) is 6.10 Å². The summed E-state index contributed by atoms with van der Waals surface area (Å²) in [5.74, 6) is 0.319. The first-order valence-electron chi connectivity index (χ1n) is 5.16. The van der Waals surface area contributed by atoms with Crippen LogP contribution in [0.5, 0.6) is 0 Å². The molecule has 1 saturated heterocycles. The standard InChI is InChI=1S/C11H12N2O2/c14-11-10-8-4-2-1-3-7(8)5-6-9(10)15-13-12-11/h1-4,7,9,13H,5-6H2,(H,12,14). The summed E-state index contributed by atoms with van der Waals surface area (Å²) in [6.45, 7) is 0. The van der Waals surface area contributed by atoms with Gasteiger partial charge < -0.3 is 0 Å². The van der Waals surface area contributed by atoms with Crippen molar-refractivity contribution in [1.29, 1.82) is 0 Å². The van der Waals surface area contributed by atoms with E-state index in [1.807, 2.05) is 18.2 Å². The van der Waals surface area contributed by atoms with Gasteiger partial charge in [-0.3, -0.25) is 15.1 Å². The van der Waals surface area contributed by atoms with Crippen molar-refractivity contribution in [2.45, 2.75) is 18.9 Å². The van der Waals surface area contributed by atoms with E-state index in [2.05, 4.69) is 17.1 Å². The number of fused-ring (bicyclic) bond motifs is 2. The second-order valence-electron chi connectivity index (χ2n) is 3.96. The van der Waals surface area contributed by atoms with Crippen LogP contribution in [0.15, 0.2) is 35.5 Å². The van der Waals surface area contributed by atoms with E-state index in [4.69, 9.17) is 4.84 Å². The highest BCUT2D eigenvalue weighted by Crippen LogP contribution is 2.35. The third-order valence-corrected chi connectivity index (χ3v) is 3.11. The van der Waals surface area contributed by atoms with Crippen molar-refractivity contribution < 1.29 is 9.63 Å². The summed E-state index contributed by atoms with van der Waals surface area (Å²) in [5, 5.41) is 0. The number of hydrogen-bond acceptors (Lipinski definition) is 3. The molecule has 3 rings (SSSR count). The van der Waals surface area contributed by atoms with Crippen LogP contribution in [0.4, 0.5) is 0 Å². The highest BCUT2D eigenvalue weighted by molar-refractivity contribution is 5.96. The molecule has 78 valence electrons. The number of amides is 1. The Morgan fingerprint density at radius 1 is 1.33 bits per heavy atom. The fourth-order valence-electron chi connectivity index (χ4n) is 2.40. The number of carbonyl (C=O) groups is 1. The van der Waals surface area contributed by atoms with Crippen molar-refractivity contribution in [3.63, 3.8) is 0 Å². The van der Waals surface area contributed by atoms with Crippen molar-refractivity contribution in [3.8, 4) is 0 Å². The minimum atomic E-state index is -0.0962. The maximum absolute atomic E-state index is 11.7. The molecule has 0 aromatic rings. The van der Waals surface area contributed by atoms with E-state index in [0.717, 1.165) is 24.0 Å². The lowest BCUT2D eigenvalue weighted by Gasteiger charge is -2.34. The molecule has 1 fully saturated rings. The second-order valence-corrected chi connectivity index (χ2v) is 3.96. The first-order valence-corrected chi connectivity index (χ1v) is 5.16. The summed E-state index contributed by atoms with van der Waals surface area (Å²) in [4.78, 5) is 17.0. The predicted octanol–water partition coefficient (Wildman–Crippen LogP) is 0.754. The molecule has 0 saturated carbocycles. The van der Waals surface area contributed by atoms with Crippen LogP contribution in [0.3, 0.4) is 0 Å². The second kappa shape index (κ2) is 3.32. The summed E-state index contributed by atoms with van der Waals surface area (Å²) in [5.41, 5.74) is 6.83. The number of hydrazine groups is 1. The Labute approximate surface area is 87.6 Å². The molecule has 0 aromatic heterocycles. The van der Waals surface area contributed by atoms with Crippen molar-refractivity contribution in [1.82, 2.24) is 11.0 Å². The zero-order valence-corrected chi connectivity index (χ0v) is 8.19. The monoisotopic (exact) mass is 204 g/mol. The molecule has 3 aliphatic rings. The van der Waals surface area contributed by atoms with Gasteiger partial charge in [-0.1, -0.05) is 24.3 Å². The number of rotatable bonds is 0. The van der Waals surface area contributed by atoms with Gasteiger partial charge >= 0.3 is 0 Å². The fraction of sp³-hybridized carbons (Fsp3) is 0.364. The zero-order valence-electron chi connectivity index (χ0n) is 8.19. The van der Waals surface area contributed by atoms with Gasteiger partial charge in [-0.15, -0.1) is 5.59 Å². The smallest absolute Gasteiger partial charge is 0.266 e. The first-order chi connectivity index (χ1) is 7.36. The number of nitrogens with one attached hydrogen (secondary N) is 2. The molecular weight excluding hydrogens is 192 g/mol. The Hall–Kier alpha value is -1.39. The molecule has 0 spiro atoms. The molecule has 2 aliphatic carbocycles. The van der Waals surface area contributed by atoms with Gasteiger partial charge in [0.05, 0.1) is 5.57 Å². The topological polar surface area (TPSA) is 50.4 Å². The quantitative estimate of drug-likeness (QED) is 0.612. The molecule has 15 heavy (non-hydrogen) atoms. The molecule has 4 heteroatoms. The Bertz CT molecular complexity index is 395. The average molecular weight is 204 g/mol. The lowest BCUT2D eigenvalue weighted by Crippen LogP contribution is -2.51. The van der Waals surface area contributed by atoms with E-state index < -0.39 is 0 Å². The summed E-state index contributed by atoms with van der Waals surface area (Å²) in [6.07, 6.45) is 10.0. The Morgan fingerprint density at radius 2 is 2.27 bits per heavy atom. The van der Waals surface area contributed by atoms with Gasteiger partial charge in [0.15, 0.2) is 0 Å². The molecule has 2 unspecified atom stereocenters. The van der Waals surface area contributed by atoms with E-state index in [0.29, 0.717) is 5.92 Å². The van der Waals surface area contributed by atoms with Gasteiger partial charge in [-0.25, -0.2) is 0 Å². The number of carbonyl (C=O) groups excluding carboxylic acids is 1. The maximum Gasteiger partial charge on any atom is 0.266 e. The third kappa shape index (κ3) is 1.33. The molecular formula is C11H12N2O2. The van der Waals surface area contributed by atoms with Gasteiger partial charge in [0.25, 0.3) is 5.91 Å². The normalized spacial score (nSPS) is 33.5. The molecule has 1 heterocycles. The minimum absolute atomic E-state index is 0.0640. The van der Waals surface area contributed by atoms with Crippen LogP contribution in [-0.2, 0) is 9.63 Å². The van der Waals surface area contributed by atoms with Gasteiger partial charge in [-0.05, 0) is 18.4 Å². The predicted molar refractivity (Wildman–Crippen MR) is 54.2 cm³/mol. The molecule has 2 N–H and O–H groups in total. The fourth-order valence-corrected chi connectivity index (χ4v) is 2.40. The number of allylic oxidation sites excluding steroid dienone is 5. The van der Waals surface area contributed by atoms with Crippen molar-refractivity contribution >= 4 is 5.91 Å². The van der Waals surface area contributed by atoms with E-state index in [-0.39, 0.29) is 12.0 Å². The Morgan fingerprint density at radius 3 is 3.20 bits per heavy atom. The summed E-state index contributed by atoms with van der Waals surface area (Å²) < 4.78 is 0. The lowest BCUT2D eigenvalue weighted by molar-refractivity contribution is -0.137. The molecule has 4 nitrogen and oxygen atoms in total. The maximum atomic E-state index is 11.7. The molecule has 0 radical (unpaired) electrons. The molecule has 1 amide bonds. The molecule has 0 aromatic carbocycles. The summed E-state index contributed by atoms with van der Waals surface area (Å²) >= 11 is 0. The van der Waals surface area contributed by atoms with Crippen molar-refractivity contribution in [2.24, 2.45) is 5.92 Å². The van der Waals surface area contributed by atoms with Crippen LogP contribution < -0.4 is 11.0 Å². The highest BCUT2D eigenvalue weighted by atomic mass is 16.7. The summed E-state index contributed by atoms with van der Waals surface area (Å²) in [7, 11) is 0. The van der Waals surface area contributed by atoms with E-state index in [1.54, 1.807) is 0 Å². The van der Waals surface area contributed by atoms with Crippen LogP contribution in [-0.4, -0.2) is 12.0 Å². The SMILES string of the molecule is O=C1NNOC2CCC3C=CC=CC3=C12. The molecule has 2 atom stereocenters. The van der Waals surface area contributed by atoms with E-state index in [1.165, 1.54) is 0 Å². The number of hydrogen-bond donors (Lipinski definition) is 2. The van der Waals surface area contributed by atoms with Gasteiger partial charge in [-0.2, -0.15) is 0 Å².